The first-order valence-electron chi connectivity index (χ1n) is 2.35. The largest absolute Gasteiger partial charge is 0.308 e. The fraction of sp³-hybridized carbons (Fsp3) is 0.167. The van der Waals surface area contributed by atoms with Gasteiger partial charge in [0, 0.05) is 16.5 Å². The number of nitrogens with zero attached hydrogens (tertiary/aromatic N) is 1. The minimum Gasteiger partial charge on any atom is -0.308 e. The van der Waals surface area contributed by atoms with Gasteiger partial charge in [0.15, 0.2) is 0 Å². The minimum atomic E-state index is 0.820. The van der Waals surface area contributed by atoms with Gasteiger partial charge >= 0.3 is 0 Å². The maximum absolute atomic E-state index is 6.75. The van der Waals surface area contributed by atoms with Gasteiger partial charge in [0.25, 0.3) is 0 Å². The molecule has 0 fully saturated rings. The number of halogens is 1. The highest BCUT2D eigenvalue weighted by Crippen LogP contribution is 1.85. The summed E-state index contributed by atoms with van der Waals surface area (Å²) < 4.78 is 1.69. The van der Waals surface area contributed by atoms with Crippen molar-refractivity contribution in [1.29, 1.82) is 5.41 Å². The van der Waals surface area contributed by atoms with E-state index in [0.717, 1.165) is 5.57 Å². The van der Waals surface area contributed by atoms with Crippen LogP contribution in [0.2, 0.25) is 0 Å². The Balaban J connectivity index is 3.98. The second-order valence-electron chi connectivity index (χ2n) is 1.38. The van der Waals surface area contributed by atoms with Crippen molar-refractivity contribution < 1.29 is 0 Å². The van der Waals surface area contributed by atoms with Crippen molar-refractivity contribution >= 4 is 34.7 Å². The maximum atomic E-state index is 6.75. The van der Waals surface area contributed by atoms with Gasteiger partial charge in [0.05, 0.1) is 0 Å². The fourth-order valence-electron chi connectivity index (χ4n) is 0.205. The van der Waals surface area contributed by atoms with Crippen LogP contribution < -0.4 is 0 Å². The van der Waals surface area contributed by atoms with Crippen LogP contribution in [0, 0.1) is 5.41 Å². The molecule has 0 atom stereocenters. The van der Waals surface area contributed by atoms with Crippen LogP contribution in [0.15, 0.2) is 20.8 Å². The summed E-state index contributed by atoms with van der Waals surface area (Å²) in [5.74, 6) is 2.62. The molecule has 2 nitrogen and oxygen atoms in total. The molecule has 0 saturated carbocycles. The molecular formula is C6H7IN2. The summed E-state index contributed by atoms with van der Waals surface area (Å²) in [5.41, 5.74) is 0.820. The van der Waals surface area contributed by atoms with Crippen molar-refractivity contribution in [1.82, 2.24) is 0 Å². The summed E-state index contributed by atoms with van der Waals surface area (Å²) in [7, 11) is 0. The molecule has 9 heavy (non-hydrogen) atoms. The average Bonchev–Trinajstić information content (AvgIpc) is 1.89. The lowest BCUT2D eigenvalue weighted by atomic mass is 10.4. The molecule has 0 aromatic carbocycles. The van der Waals surface area contributed by atoms with Crippen molar-refractivity contribution in [2.24, 2.45) is 4.99 Å². The Hall–Kier alpha value is -0.410. The van der Waals surface area contributed by atoms with E-state index >= 15 is 0 Å². The molecule has 0 aromatic rings. The van der Waals surface area contributed by atoms with Crippen molar-refractivity contribution in [3.63, 3.8) is 0 Å². The smallest absolute Gasteiger partial charge is 0.0412 e. The van der Waals surface area contributed by atoms with E-state index in [1.54, 1.807) is 10.3 Å². The van der Waals surface area contributed by atoms with Crippen molar-refractivity contribution in [3.8, 4) is 0 Å². The summed E-state index contributed by atoms with van der Waals surface area (Å²) in [6, 6.07) is 0. The van der Waals surface area contributed by atoms with Gasteiger partial charge in [-0.15, -0.1) is 0 Å². The lowest BCUT2D eigenvalue weighted by molar-refractivity contribution is 1.45. The SMILES string of the molecule is C/C(C=N)=C/N=C=CI. The minimum absolute atomic E-state index is 0.820. The van der Waals surface area contributed by atoms with Crippen LogP contribution in [0.3, 0.4) is 0 Å². The number of nitrogens with one attached hydrogen (secondary N) is 1. The molecule has 0 bridgehead atoms. The summed E-state index contributed by atoms with van der Waals surface area (Å²) >= 11 is 2.03. The quantitative estimate of drug-likeness (QED) is 0.561. The first kappa shape index (κ1) is 8.59. The third kappa shape index (κ3) is 5.46. The maximum Gasteiger partial charge on any atom is 0.0412 e. The summed E-state index contributed by atoms with van der Waals surface area (Å²) in [6.07, 6.45) is 2.83. The number of rotatable bonds is 2. The topological polar surface area (TPSA) is 36.2 Å². The summed E-state index contributed by atoms with van der Waals surface area (Å²) in [6.45, 7) is 1.81. The van der Waals surface area contributed by atoms with E-state index in [4.69, 9.17) is 5.41 Å². The van der Waals surface area contributed by atoms with Crippen molar-refractivity contribution in [2.45, 2.75) is 6.92 Å². The van der Waals surface area contributed by atoms with Gasteiger partial charge in [-0.25, -0.2) is 4.99 Å². The average molecular weight is 234 g/mol. The molecular weight excluding hydrogens is 227 g/mol. The molecule has 48 valence electrons. The third-order valence-corrected chi connectivity index (χ3v) is 0.898. The Morgan fingerprint density at radius 3 is 2.89 bits per heavy atom. The summed E-state index contributed by atoms with van der Waals surface area (Å²) in [4.78, 5) is 3.73. The third-order valence-electron chi connectivity index (χ3n) is 0.619. The molecule has 3 heteroatoms. The molecule has 0 aromatic heterocycles. The van der Waals surface area contributed by atoms with Crippen LogP contribution in [0.4, 0.5) is 0 Å². The van der Waals surface area contributed by atoms with Gasteiger partial charge in [-0.1, -0.05) is 0 Å². The molecule has 0 amide bonds. The lowest BCUT2D eigenvalue weighted by Gasteiger charge is -1.78. The number of hydrogen-bond donors (Lipinski definition) is 1. The van der Waals surface area contributed by atoms with Crippen LogP contribution >= 0.6 is 22.6 Å². The number of allylic oxidation sites excluding steroid dienone is 1. The standard InChI is InChI=1S/C6H7IN2/c1-6(4-8)5-9-3-2-7/h2,4-5,8H,1H3/b6-5-,8-4?. The van der Waals surface area contributed by atoms with Crippen molar-refractivity contribution in [3.05, 3.63) is 15.9 Å². The molecule has 1 N–H and O–H groups in total. The first-order chi connectivity index (χ1) is 4.31. The molecule has 0 radical (unpaired) electrons. The van der Waals surface area contributed by atoms with Crippen LogP contribution in [-0.4, -0.2) is 12.1 Å². The van der Waals surface area contributed by atoms with Gasteiger partial charge in [-0.05, 0) is 41.0 Å². The lowest BCUT2D eigenvalue weighted by Crippen LogP contribution is -1.70. The normalized spacial score (nSPS) is 9.78. The van der Waals surface area contributed by atoms with E-state index in [-0.39, 0.29) is 0 Å². The zero-order valence-electron chi connectivity index (χ0n) is 5.06. The molecule has 0 saturated heterocycles. The van der Waals surface area contributed by atoms with Crippen LogP contribution in [0.25, 0.3) is 0 Å². The molecule has 0 aliphatic heterocycles. The van der Waals surface area contributed by atoms with E-state index in [0.29, 0.717) is 0 Å². The highest BCUT2D eigenvalue weighted by atomic mass is 127. The predicted molar refractivity (Wildman–Crippen MR) is 48.6 cm³/mol. The van der Waals surface area contributed by atoms with Crippen LogP contribution in [0.5, 0.6) is 0 Å². The number of hydrogen-bond acceptors (Lipinski definition) is 2. The first-order valence-corrected chi connectivity index (χ1v) is 3.60. The molecule has 0 rings (SSSR count). The van der Waals surface area contributed by atoms with Crippen molar-refractivity contribution in [2.75, 3.05) is 0 Å². The second-order valence-corrected chi connectivity index (χ2v) is 2.01. The van der Waals surface area contributed by atoms with E-state index in [1.165, 1.54) is 6.21 Å². The van der Waals surface area contributed by atoms with Crippen LogP contribution in [0.1, 0.15) is 6.92 Å². The van der Waals surface area contributed by atoms with Gasteiger partial charge in [0.2, 0.25) is 0 Å². The molecule has 0 aliphatic rings. The molecule has 0 spiro atoms. The highest BCUT2D eigenvalue weighted by molar-refractivity contribution is 14.1. The zero-order chi connectivity index (χ0) is 7.11. The Bertz CT molecular complexity index is 175. The predicted octanol–water partition coefficient (Wildman–Crippen LogP) is 2.16. The molecule has 0 aliphatic carbocycles. The fourth-order valence-corrected chi connectivity index (χ4v) is 0.365. The Labute approximate surface area is 68.0 Å². The van der Waals surface area contributed by atoms with Gasteiger partial charge < -0.3 is 5.41 Å². The van der Waals surface area contributed by atoms with Crippen LogP contribution in [-0.2, 0) is 0 Å². The summed E-state index contributed by atoms with van der Waals surface area (Å²) in [5, 5.41) is 6.75. The highest BCUT2D eigenvalue weighted by Gasteiger charge is 1.73. The van der Waals surface area contributed by atoms with E-state index in [1.807, 2.05) is 29.5 Å². The monoisotopic (exact) mass is 234 g/mol. The zero-order valence-corrected chi connectivity index (χ0v) is 7.21. The van der Waals surface area contributed by atoms with Gasteiger partial charge in [-0.2, -0.15) is 0 Å². The molecule has 0 heterocycles. The Morgan fingerprint density at radius 2 is 2.44 bits per heavy atom. The van der Waals surface area contributed by atoms with E-state index in [9.17, 15) is 0 Å². The van der Waals surface area contributed by atoms with Gasteiger partial charge in [-0.3, -0.25) is 0 Å². The van der Waals surface area contributed by atoms with E-state index in [2.05, 4.69) is 10.9 Å². The van der Waals surface area contributed by atoms with E-state index < -0.39 is 0 Å². The molecule has 0 unspecified atom stereocenters. The Morgan fingerprint density at radius 1 is 1.78 bits per heavy atom. The van der Waals surface area contributed by atoms with Gasteiger partial charge in [0.1, 0.15) is 0 Å². The second kappa shape index (κ2) is 5.72. The Kier molecular flexibility index (Phi) is 5.46. The number of aliphatic imine (C=N–C) groups is 1.